The van der Waals surface area contributed by atoms with Gasteiger partial charge in [-0.2, -0.15) is 0 Å². The topological polar surface area (TPSA) is 59.1 Å². The van der Waals surface area contributed by atoms with E-state index in [-0.39, 0.29) is 4.90 Å². The van der Waals surface area contributed by atoms with Crippen LogP contribution < -0.4 is 4.72 Å². The predicted molar refractivity (Wildman–Crippen MR) is 79.0 cm³/mol. The van der Waals surface area contributed by atoms with Crippen LogP contribution in [0.15, 0.2) is 71.9 Å². The quantitative estimate of drug-likeness (QED) is 0.804. The van der Waals surface area contributed by atoms with Crippen molar-refractivity contribution in [2.75, 3.05) is 4.72 Å². The number of rotatable bonds is 3. The molecule has 5 heteroatoms. The normalized spacial score (nSPS) is 11.4. The average Bonchev–Trinajstić information content (AvgIpc) is 2.48. The Hall–Kier alpha value is -2.40. The van der Waals surface area contributed by atoms with E-state index in [0.29, 0.717) is 5.69 Å². The van der Waals surface area contributed by atoms with Crippen LogP contribution in [0.1, 0.15) is 0 Å². The van der Waals surface area contributed by atoms with E-state index in [1.54, 1.807) is 60.9 Å². The van der Waals surface area contributed by atoms with Crippen LogP contribution >= 0.6 is 0 Å². The molecule has 0 saturated carbocycles. The highest BCUT2D eigenvalue weighted by atomic mass is 32.2. The first-order valence-corrected chi connectivity index (χ1v) is 7.56. The van der Waals surface area contributed by atoms with Crippen LogP contribution in [0.2, 0.25) is 0 Å². The third kappa shape index (κ3) is 2.35. The van der Waals surface area contributed by atoms with E-state index in [1.165, 1.54) is 0 Å². The van der Waals surface area contributed by atoms with Gasteiger partial charge in [0.05, 0.1) is 10.6 Å². The van der Waals surface area contributed by atoms with Gasteiger partial charge in [-0.15, -0.1) is 0 Å². The van der Waals surface area contributed by atoms with Crippen molar-refractivity contribution in [3.05, 3.63) is 67.0 Å². The molecule has 0 unspecified atom stereocenters. The second-order valence-corrected chi connectivity index (χ2v) is 6.00. The Labute approximate surface area is 117 Å². The second-order valence-electron chi connectivity index (χ2n) is 4.32. The second kappa shape index (κ2) is 4.94. The largest absolute Gasteiger partial charge is 0.279 e. The molecule has 3 aromatic rings. The van der Waals surface area contributed by atoms with Crippen molar-refractivity contribution in [1.29, 1.82) is 0 Å². The lowest BCUT2D eigenvalue weighted by atomic mass is 10.1. The maximum atomic E-state index is 12.3. The fraction of sp³-hybridized carbons (Fsp3) is 0. The monoisotopic (exact) mass is 284 g/mol. The zero-order chi connectivity index (χ0) is 14.0. The number of pyridine rings is 1. The Bertz CT molecular complexity index is 841. The molecular weight excluding hydrogens is 272 g/mol. The minimum Gasteiger partial charge on any atom is -0.279 e. The lowest BCUT2D eigenvalue weighted by molar-refractivity contribution is 0.601. The molecule has 0 aliphatic carbocycles. The van der Waals surface area contributed by atoms with Crippen LogP contribution in [0.25, 0.3) is 10.8 Å². The first-order valence-electron chi connectivity index (χ1n) is 6.07. The molecule has 2 aromatic carbocycles. The zero-order valence-corrected chi connectivity index (χ0v) is 11.3. The number of fused-ring (bicyclic) bond motifs is 1. The summed E-state index contributed by atoms with van der Waals surface area (Å²) in [7, 11) is -3.58. The standard InChI is InChI=1S/C15H12N2O2S/c18-20(19,13-6-2-1-3-7-13)17-15-8-4-5-12-11-16-10-9-14(12)15/h1-11,17H. The first-order chi connectivity index (χ1) is 9.67. The first kappa shape index (κ1) is 12.6. The smallest absolute Gasteiger partial charge is 0.261 e. The van der Waals surface area contributed by atoms with Crippen molar-refractivity contribution >= 4 is 26.5 Å². The molecule has 0 aliphatic rings. The van der Waals surface area contributed by atoms with Crippen LogP contribution in [0.3, 0.4) is 0 Å². The number of nitrogens with zero attached hydrogens (tertiary/aromatic N) is 1. The molecular formula is C15H12N2O2S. The maximum absolute atomic E-state index is 12.3. The van der Waals surface area contributed by atoms with E-state index in [1.807, 2.05) is 6.07 Å². The summed E-state index contributed by atoms with van der Waals surface area (Å²) in [6, 6.07) is 15.5. The van der Waals surface area contributed by atoms with E-state index in [0.717, 1.165) is 10.8 Å². The van der Waals surface area contributed by atoms with Gasteiger partial charge in [0.25, 0.3) is 10.0 Å². The van der Waals surface area contributed by atoms with Crippen molar-refractivity contribution in [1.82, 2.24) is 4.98 Å². The number of anilines is 1. The molecule has 0 spiro atoms. The number of hydrogen-bond donors (Lipinski definition) is 1. The SMILES string of the molecule is O=S(=O)(Nc1cccc2cnccc12)c1ccccc1. The number of aromatic nitrogens is 1. The number of benzene rings is 2. The lowest BCUT2D eigenvalue weighted by Crippen LogP contribution is -2.12. The number of hydrogen-bond acceptors (Lipinski definition) is 3. The summed E-state index contributed by atoms with van der Waals surface area (Å²) < 4.78 is 27.3. The van der Waals surface area contributed by atoms with E-state index < -0.39 is 10.0 Å². The van der Waals surface area contributed by atoms with E-state index in [9.17, 15) is 8.42 Å². The molecule has 3 rings (SSSR count). The van der Waals surface area contributed by atoms with Gasteiger partial charge in [0.1, 0.15) is 0 Å². The predicted octanol–water partition coefficient (Wildman–Crippen LogP) is 3.04. The maximum Gasteiger partial charge on any atom is 0.261 e. The Morgan fingerprint density at radius 1 is 0.900 bits per heavy atom. The highest BCUT2D eigenvalue weighted by Gasteiger charge is 2.14. The molecule has 0 aliphatic heterocycles. The van der Waals surface area contributed by atoms with Crippen LogP contribution in [0.5, 0.6) is 0 Å². The summed E-state index contributed by atoms with van der Waals surface area (Å²) in [6.45, 7) is 0. The minimum absolute atomic E-state index is 0.242. The van der Waals surface area contributed by atoms with Crippen molar-refractivity contribution in [3.8, 4) is 0 Å². The highest BCUT2D eigenvalue weighted by molar-refractivity contribution is 7.92. The molecule has 4 nitrogen and oxygen atoms in total. The number of nitrogens with one attached hydrogen (secondary N) is 1. The van der Waals surface area contributed by atoms with Gasteiger partial charge in [-0.25, -0.2) is 8.42 Å². The molecule has 1 N–H and O–H groups in total. The van der Waals surface area contributed by atoms with Gasteiger partial charge in [-0.1, -0.05) is 30.3 Å². The molecule has 0 saturated heterocycles. The van der Waals surface area contributed by atoms with Crippen LogP contribution in [-0.2, 0) is 10.0 Å². The number of sulfonamides is 1. The Morgan fingerprint density at radius 3 is 2.50 bits per heavy atom. The third-order valence-corrected chi connectivity index (χ3v) is 4.36. The molecule has 0 amide bonds. The van der Waals surface area contributed by atoms with Crippen LogP contribution in [0, 0.1) is 0 Å². The Balaban J connectivity index is 2.06. The Kier molecular flexibility index (Phi) is 3.12. The van der Waals surface area contributed by atoms with Gasteiger partial charge >= 0.3 is 0 Å². The van der Waals surface area contributed by atoms with Gasteiger partial charge in [0.2, 0.25) is 0 Å². The summed E-state index contributed by atoms with van der Waals surface area (Å²) in [4.78, 5) is 4.27. The van der Waals surface area contributed by atoms with Crippen LogP contribution in [-0.4, -0.2) is 13.4 Å². The molecule has 1 heterocycles. The van der Waals surface area contributed by atoms with Crippen molar-refractivity contribution in [3.63, 3.8) is 0 Å². The summed E-state index contributed by atoms with van der Waals surface area (Å²) in [5, 5.41) is 1.71. The summed E-state index contributed by atoms with van der Waals surface area (Å²) in [5.41, 5.74) is 0.550. The van der Waals surface area contributed by atoms with Crippen molar-refractivity contribution in [2.45, 2.75) is 4.90 Å². The molecule has 0 bridgehead atoms. The van der Waals surface area contributed by atoms with Crippen LogP contribution in [0.4, 0.5) is 5.69 Å². The lowest BCUT2D eigenvalue weighted by Gasteiger charge is -2.10. The van der Waals surface area contributed by atoms with E-state index in [4.69, 9.17) is 0 Å². The van der Waals surface area contributed by atoms with E-state index in [2.05, 4.69) is 9.71 Å². The molecule has 0 radical (unpaired) electrons. The highest BCUT2D eigenvalue weighted by Crippen LogP contribution is 2.24. The van der Waals surface area contributed by atoms with Gasteiger partial charge in [-0.3, -0.25) is 9.71 Å². The minimum atomic E-state index is -3.58. The van der Waals surface area contributed by atoms with Crippen molar-refractivity contribution < 1.29 is 8.42 Å². The summed E-state index contributed by atoms with van der Waals surface area (Å²) in [6.07, 6.45) is 3.35. The van der Waals surface area contributed by atoms with Gasteiger partial charge in [0, 0.05) is 23.2 Å². The Morgan fingerprint density at radius 2 is 1.70 bits per heavy atom. The molecule has 1 aromatic heterocycles. The van der Waals surface area contributed by atoms with E-state index >= 15 is 0 Å². The fourth-order valence-electron chi connectivity index (χ4n) is 2.01. The molecule has 0 atom stereocenters. The zero-order valence-electron chi connectivity index (χ0n) is 10.5. The molecule has 20 heavy (non-hydrogen) atoms. The average molecular weight is 284 g/mol. The van der Waals surface area contributed by atoms with Gasteiger partial charge < -0.3 is 0 Å². The van der Waals surface area contributed by atoms with Crippen molar-refractivity contribution in [2.24, 2.45) is 0 Å². The van der Waals surface area contributed by atoms with Gasteiger partial charge in [0.15, 0.2) is 0 Å². The fourth-order valence-corrected chi connectivity index (χ4v) is 3.12. The third-order valence-electron chi connectivity index (χ3n) is 2.98. The molecule has 0 fully saturated rings. The summed E-state index contributed by atoms with van der Waals surface area (Å²) in [5.74, 6) is 0. The van der Waals surface area contributed by atoms with Gasteiger partial charge in [-0.05, 0) is 24.3 Å². The molecule has 100 valence electrons. The summed E-state index contributed by atoms with van der Waals surface area (Å²) >= 11 is 0.